The van der Waals surface area contributed by atoms with Crippen molar-refractivity contribution in [3.8, 4) is 11.3 Å². The summed E-state index contributed by atoms with van der Waals surface area (Å²) in [5, 5.41) is 17.1. The number of aryl methyl sites for hydroxylation is 1. The van der Waals surface area contributed by atoms with Gasteiger partial charge in [-0.25, -0.2) is 14.5 Å². The van der Waals surface area contributed by atoms with Gasteiger partial charge in [0.05, 0.1) is 40.4 Å². The standard InChI is InChI=1S/C57H68N11O10P/c1-7-49(70)60-44-27-36(59-50-55(74)62(6)32-45(61-50)40-14-19-58-51(43(40)33-69)67-25-24-66-47(54(67)73)26-35-29-56(3,4)30-48(35)66)8-11-46(44)65-23-22-64(31-34(65)2)37-15-20-63(21-16-37)39-9-10-41-42(28-39)53(72)68(52(41)71)38-12-17-57(5,18-13-38)78-79(75,76)77/h7-11,14,19,26-28,32,34,37-38,69H,1,12-13,15-18,20-25,29-31,33H2,2-6H3,(H,59,61)(H,60,70)(H2,75,76,77)/t34-,38?,57?/m0/s1. The molecule has 416 valence electrons. The Morgan fingerprint density at radius 1 is 0.873 bits per heavy atom. The number of anilines is 6. The van der Waals surface area contributed by atoms with Crippen LogP contribution in [0.1, 0.15) is 114 Å². The molecule has 0 spiro atoms. The number of aliphatic hydroxyl groups excluding tert-OH is 1. The number of aliphatic hydroxyl groups is 1. The van der Waals surface area contributed by atoms with Crippen molar-refractivity contribution < 1.29 is 43.2 Å². The van der Waals surface area contributed by atoms with Gasteiger partial charge in [0, 0.05) is 112 Å². The first-order valence-corrected chi connectivity index (χ1v) is 28.7. The van der Waals surface area contributed by atoms with Crippen LogP contribution in [-0.2, 0) is 46.9 Å². The molecule has 0 bridgehead atoms. The van der Waals surface area contributed by atoms with Crippen molar-refractivity contribution in [3.05, 3.63) is 118 Å². The quantitative estimate of drug-likeness (QED) is 0.0488. The smallest absolute Gasteiger partial charge is 0.392 e. The lowest BCUT2D eigenvalue weighted by atomic mass is 9.83. The third kappa shape index (κ3) is 10.3. The average Bonchev–Trinajstić information content (AvgIpc) is 4.25. The summed E-state index contributed by atoms with van der Waals surface area (Å²) in [6, 6.07) is 14.7. The van der Waals surface area contributed by atoms with E-state index in [1.165, 1.54) is 26.8 Å². The van der Waals surface area contributed by atoms with Crippen LogP contribution < -0.4 is 30.9 Å². The number of nitrogens with one attached hydrogen (secondary N) is 2. The Bertz CT molecular complexity index is 3430. The van der Waals surface area contributed by atoms with E-state index in [1.54, 1.807) is 49.5 Å². The minimum Gasteiger partial charge on any atom is -0.392 e. The third-order valence-corrected chi connectivity index (χ3v) is 17.7. The molecule has 5 N–H and O–H groups in total. The number of imide groups is 1. The van der Waals surface area contributed by atoms with Gasteiger partial charge < -0.3 is 44.5 Å². The van der Waals surface area contributed by atoms with E-state index in [1.807, 2.05) is 30.3 Å². The van der Waals surface area contributed by atoms with Crippen LogP contribution in [0.15, 0.2) is 78.4 Å². The van der Waals surface area contributed by atoms with E-state index in [-0.39, 0.29) is 41.0 Å². The Morgan fingerprint density at radius 3 is 2.33 bits per heavy atom. The highest BCUT2D eigenvalue weighted by Gasteiger charge is 2.46. The minimum atomic E-state index is -4.70. The number of aromatic nitrogens is 4. The van der Waals surface area contributed by atoms with Crippen molar-refractivity contribution in [2.24, 2.45) is 12.5 Å². The highest BCUT2D eigenvalue weighted by Crippen LogP contribution is 2.48. The van der Waals surface area contributed by atoms with E-state index in [0.717, 1.165) is 63.2 Å². The molecule has 7 heterocycles. The number of rotatable bonds is 13. The Balaban J connectivity index is 0.746. The zero-order valence-corrected chi connectivity index (χ0v) is 46.2. The van der Waals surface area contributed by atoms with E-state index in [2.05, 4.69) is 62.2 Å². The summed E-state index contributed by atoms with van der Waals surface area (Å²) in [6.45, 7) is 16.3. The molecule has 2 saturated heterocycles. The molecular weight excluding hydrogens is 1030 g/mol. The summed E-state index contributed by atoms with van der Waals surface area (Å²) < 4.78 is 20.2. The number of hydrogen-bond donors (Lipinski definition) is 5. The van der Waals surface area contributed by atoms with Crippen LogP contribution in [0.2, 0.25) is 0 Å². The minimum absolute atomic E-state index is 0.0139. The van der Waals surface area contributed by atoms with Gasteiger partial charge in [0.2, 0.25) is 5.91 Å². The fourth-order valence-electron chi connectivity index (χ4n) is 13.1. The molecule has 22 heteroatoms. The molecule has 1 saturated carbocycles. The summed E-state index contributed by atoms with van der Waals surface area (Å²) in [7, 11) is -3.08. The number of pyridine rings is 1. The zero-order valence-electron chi connectivity index (χ0n) is 45.3. The summed E-state index contributed by atoms with van der Waals surface area (Å²) in [4.78, 5) is 106. The molecule has 2 aromatic carbocycles. The molecule has 1 atom stereocenters. The van der Waals surface area contributed by atoms with Crippen molar-refractivity contribution in [3.63, 3.8) is 0 Å². The van der Waals surface area contributed by atoms with Gasteiger partial charge in [-0.2, -0.15) is 0 Å². The van der Waals surface area contributed by atoms with Gasteiger partial charge in [-0.3, -0.25) is 43.2 Å². The van der Waals surface area contributed by atoms with E-state index in [4.69, 9.17) is 9.51 Å². The van der Waals surface area contributed by atoms with Gasteiger partial charge in [0.25, 0.3) is 23.3 Å². The molecule has 4 amide bonds. The lowest BCUT2D eigenvalue weighted by Crippen LogP contribution is -2.57. The zero-order chi connectivity index (χ0) is 55.9. The Hall–Kier alpha value is -7.00. The van der Waals surface area contributed by atoms with Crippen LogP contribution in [0.4, 0.5) is 34.4 Å². The molecule has 79 heavy (non-hydrogen) atoms. The lowest BCUT2D eigenvalue weighted by Gasteiger charge is -2.47. The van der Waals surface area contributed by atoms with Crippen LogP contribution in [-0.4, -0.2) is 130 Å². The summed E-state index contributed by atoms with van der Waals surface area (Å²) >= 11 is 0. The van der Waals surface area contributed by atoms with Crippen molar-refractivity contribution in [2.75, 3.05) is 64.6 Å². The highest BCUT2D eigenvalue weighted by molar-refractivity contribution is 7.46. The number of carbonyl (C=O) groups is 4. The molecular formula is C57H68N11O10P. The summed E-state index contributed by atoms with van der Waals surface area (Å²) in [6.07, 6.45) is 9.37. The van der Waals surface area contributed by atoms with Gasteiger partial charge in [0.1, 0.15) is 11.5 Å². The Kier molecular flexibility index (Phi) is 14.1. The number of carbonyl (C=O) groups excluding carboxylic acids is 4. The molecule has 21 nitrogen and oxygen atoms in total. The normalized spacial score (nSPS) is 22.5. The number of phosphoric acid groups is 1. The summed E-state index contributed by atoms with van der Waals surface area (Å²) in [5.41, 5.74) is 6.50. The molecule has 3 aromatic heterocycles. The number of nitrogens with zero attached hydrogens (tertiary/aromatic N) is 9. The number of phosphoric ester groups is 1. The molecule has 3 fully saturated rings. The fraction of sp³-hybridized carbons (Fsp3) is 0.456. The van der Waals surface area contributed by atoms with Crippen LogP contribution in [0.3, 0.4) is 0 Å². The van der Waals surface area contributed by atoms with Crippen molar-refractivity contribution in [2.45, 2.75) is 116 Å². The first-order chi connectivity index (χ1) is 37.6. The SMILES string of the molecule is C=CC(=O)Nc1cc(Nc2nc(-c3ccnc(N4CCn5c(cc6c5CC(C)(C)C6)C4=O)c3CO)cn(C)c2=O)ccc1N1CCN(C2CCN(c3ccc4c(c3)C(=O)N(C3CCC(C)(OP(=O)(O)O)CC3)C4=O)CC2)C[C@@H]1C. The maximum atomic E-state index is 14.1. The first-order valence-electron chi connectivity index (χ1n) is 27.2. The maximum Gasteiger partial charge on any atom is 0.470 e. The molecule has 0 radical (unpaired) electrons. The number of fused-ring (bicyclic) bond motifs is 4. The number of hydrogen-bond acceptors (Lipinski definition) is 14. The molecule has 0 unspecified atom stereocenters. The maximum absolute atomic E-state index is 14.1. The largest absolute Gasteiger partial charge is 0.470 e. The Labute approximate surface area is 458 Å². The van der Waals surface area contributed by atoms with Gasteiger partial charge in [-0.15, -0.1) is 0 Å². The predicted octanol–water partition coefficient (Wildman–Crippen LogP) is 6.38. The van der Waals surface area contributed by atoms with E-state index in [9.17, 15) is 43.4 Å². The second kappa shape index (κ2) is 20.6. The molecule has 2 aliphatic carbocycles. The van der Waals surface area contributed by atoms with E-state index in [0.29, 0.717) is 102 Å². The number of benzene rings is 2. The molecule has 6 aliphatic rings. The summed E-state index contributed by atoms with van der Waals surface area (Å²) in [5.74, 6) is -0.911. The van der Waals surface area contributed by atoms with Crippen LogP contribution >= 0.6 is 7.82 Å². The highest BCUT2D eigenvalue weighted by atomic mass is 31.2. The van der Waals surface area contributed by atoms with Gasteiger partial charge >= 0.3 is 7.82 Å². The topological polar surface area (TPSA) is 248 Å². The predicted molar refractivity (Wildman–Crippen MR) is 299 cm³/mol. The second-order valence-corrected chi connectivity index (χ2v) is 24.3. The van der Waals surface area contributed by atoms with Crippen molar-refractivity contribution >= 4 is 65.8 Å². The van der Waals surface area contributed by atoms with Crippen LogP contribution in [0.5, 0.6) is 0 Å². The Morgan fingerprint density at radius 2 is 1.62 bits per heavy atom. The van der Waals surface area contributed by atoms with Crippen molar-refractivity contribution in [1.29, 1.82) is 0 Å². The second-order valence-electron chi connectivity index (χ2n) is 23.1. The van der Waals surface area contributed by atoms with E-state index >= 15 is 0 Å². The third-order valence-electron chi connectivity index (χ3n) is 17.1. The molecule has 4 aliphatic heterocycles. The molecule has 5 aromatic rings. The number of amides is 4. The number of piperazine rings is 1. The number of piperidine rings is 1. The monoisotopic (exact) mass is 1100 g/mol. The first kappa shape index (κ1) is 54.0. The van der Waals surface area contributed by atoms with Gasteiger partial charge in [0.15, 0.2) is 5.82 Å². The van der Waals surface area contributed by atoms with Gasteiger partial charge in [-0.1, -0.05) is 20.4 Å². The van der Waals surface area contributed by atoms with Crippen molar-refractivity contribution in [1.82, 2.24) is 28.9 Å². The van der Waals surface area contributed by atoms with E-state index < -0.39 is 31.5 Å². The van der Waals surface area contributed by atoms with Crippen LogP contribution in [0.25, 0.3) is 11.3 Å². The lowest BCUT2D eigenvalue weighted by molar-refractivity contribution is -0.111. The van der Waals surface area contributed by atoms with Gasteiger partial charge in [-0.05, 0) is 131 Å². The molecule has 11 rings (SSSR count). The van der Waals surface area contributed by atoms with Crippen LogP contribution in [0, 0.1) is 5.41 Å². The average molecular weight is 1100 g/mol. The fourth-order valence-corrected chi connectivity index (χ4v) is 13.9.